The number of aliphatic hydroxyl groups excluding tert-OH is 8. The van der Waals surface area contributed by atoms with E-state index in [1.54, 1.807) is 0 Å². The van der Waals surface area contributed by atoms with Crippen molar-refractivity contribution in [2.24, 2.45) is 23.7 Å². The molecule has 0 aliphatic carbocycles. The molecule has 0 radical (unpaired) electrons. The van der Waals surface area contributed by atoms with Gasteiger partial charge in [-0.25, -0.2) is 0 Å². The summed E-state index contributed by atoms with van der Waals surface area (Å²) in [4.78, 5) is 0. The van der Waals surface area contributed by atoms with Gasteiger partial charge in [-0.3, -0.25) is 0 Å². The summed E-state index contributed by atoms with van der Waals surface area (Å²) in [5, 5.41) is 79.8. The molecule has 2 fully saturated rings. The summed E-state index contributed by atoms with van der Waals surface area (Å²) in [6.45, 7) is 14.8. The van der Waals surface area contributed by atoms with E-state index >= 15 is 0 Å². The number of ether oxygens (including phenoxy) is 8. The molecule has 2 heterocycles. The average molecular weight is 871 g/mol. The van der Waals surface area contributed by atoms with Gasteiger partial charge < -0.3 is 78.7 Å². The lowest BCUT2D eigenvalue weighted by atomic mass is 9.98. The van der Waals surface area contributed by atoms with Crippen LogP contribution in [-0.2, 0) is 37.9 Å². The molecule has 16 heteroatoms. The minimum atomic E-state index is -1.40. The Balaban J connectivity index is 1.75. The minimum absolute atomic E-state index is 0.0477. The van der Waals surface area contributed by atoms with E-state index in [4.69, 9.17) is 37.9 Å². The standard InChI is InChI=1S/C44H86O16/c1-29(2)13-11-15-31(5)17-21-55-33(27-57-43-39(51)37(49)41(59-43)35(47)23-45)25-53-19-9-7-8-10-20-54-26-34(56-22-18-32(6)16-12-14-30(3)4)28-58-44-40(52)38(50)42(60-44)36(48)24-46/h29-52H,7-28H2,1-6H3/t31-,32-,33+,34+,35-,36-,37-,38-,39-,40-,41+,42+,43-,44-/m1/s1. The van der Waals surface area contributed by atoms with Gasteiger partial charge in [0, 0.05) is 26.4 Å². The second kappa shape index (κ2) is 32.1. The van der Waals surface area contributed by atoms with Crippen molar-refractivity contribution in [1.82, 2.24) is 0 Å². The van der Waals surface area contributed by atoms with Crippen molar-refractivity contribution in [2.45, 2.75) is 192 Å². The first-order valence-corrected chi connectivity index (χ1v) is 22.9. The lowest BCUT2D eigenvalue weighted by molar-refractivity contribution is -0.198. The maximum atomic E-state index is 10.4. The third-order valence-corrected chi connectivity index (χ3v) is 11.4. The first-order valence-electron chi connectivity index (χ1n) is 22.9. The molecule has 2 rings (SSSR count). The third-order valence-electron chi connectivity index (χ3n) is 11.4. The van der Waals surface area contributed by atoms with Gasteiger partial charge in [0.15, 0.2) is 12.6 Å². The summed E-state index contributed by atoms with van der Waals surface area (Å²) in [5.74, 6) is 2.38. The number of unbranched alkanes of at least 4 members (excludes halogenated alkanes) is 3. The molecule has 0 saturated carbocycles. The summed E-state index contributed by atoms with van der Waals surface area (Å²) < 4.78 is 46.9. The van der Waals surface area contributed by atoms with Gasteiger partial charge >= 0.3 is 0 Å². The molecule has 0 unspecified atom stereocenters. The van der Waals surface area contributed by atoms with Crippen LogP contribution in [0, 0.1) is 23.7 Å². The molecule has 60 heavy (non-hydrogen) atoms. The molecule has 16 nitrogen and oxygen atoms in total. The predicted octanol–water partition coefficient (Wildman–Crippen LogP) is 2.69. The topological polar surface area (TPSA) is 236 Å². The number of aliphatic hydroxyl groups is 8. The molecule has 0 aromatic carbocycles. The summed E-state index contributed by atoms with van der Waals surface area (Å²) in [5.41, 5.74) is 0. The van der Waals surface area contributed by atoms with Gasteiger partial charge in [-0.1, -0.05) is 92.9 Å². The van der Waals surface area contributed by atoms with Crippen LogP contribution in [0.5, 0.6) is 0 Å². The molecule has 2 saturated heterocycles. The van der Waals surface area contributed by atoms with Crippen LogP contribution in [0.25, 0.3) is 0 Å². The molecule has 14 atom stereocenters. The van der Waals surface area contributed by atoms with Crippen LogP contribution in [-0.4, -0.2) is 181 Å². The Morgan fingerprint density at radius 1 is 0.450 bits per heavy atom. The van der Waals surface area contributed by atoms with E-state index < -0.39 is 86.8 Å². The first kappa shape index (κ1) is 55.5. The second-order valence-electron chi connectivity index (χ2n) is 18.1. The van der Waals surface area contributed by atoms with Crippen molar-refractivity contribution >= 4 is 0 Å². The van der Waals surface area contributed by atoms with Crippen LogP contribution in [0.4, 0.5) is 0 Å². The Kier molecular flexibility index (Phi) is 29.7. The molecule has 0 amide bonds. The minimum Gasteiger partial charge on any atom is -0.394 e. The van der Waals surface area contributed by atoms with Gasteiger partial charge in [0.25, 0.3) is 0 Å². The van der Waals surface area contributed by atoms with Gasteiger partial charge in [0.1, 0.15) is 61.0 Å². The molecule has 8 N–H and O–H groups in total. The lowest BCUT2D eigenvalue weighted by Crippen LogP contribution is -2.40. The van der Waals surface area contributed by atoms with Crippen LogP contribution in [0.2, 0.25) is 0 Å². The van der Waals surface area contributed by atoms with Crippen molar-refractivity contribution in [3.63, 3.8) is 0 Å². The summed E-state index contributed by atoms with van der Waals surface area (Å²) in [7, 11) is 0. The van der Waals surface area contributed by atoms with Crippen LogP contribution < -0.4 is 0 Å². The largest absolute Gasteiger partial charge is 0.394 e. The van der Waals surface area contributed by atoms with Gasteiger partial charge in [-0.15, -0.1) is 0 Å². The highest BCUT2D eigenvalue weighted by molar-refractivity contribution is 4.91. The van der Waals surface area contributed by atoms with Crippen molar-refractivity contribution in [2.75, 3.05) is 66.1 Å². The molecule has 0 spiro atoms. The number of hydrogen-bond acceptors (Lipinski definition) is 16. The van der Waals surface area contributed by atoms with Gasteiger partial charge in [0.05, 0.1) is 39.6 Å². The fourth-order valence-electron chi connectivity index (χ4n) is 7.26. The second-order valence-corrected chi connectivity index (χ2v) is 18.1. The Bertz CT molecular complexity index is 949. The van der Waals surface area contributed by atoms with E-state index in [1.807, 2.05) is 0 Å². The van der Waals surface area contributed by atoms with E-state index in [0.717, 1.165) is 51.4 Å². The van der Waals surface area contributed by atoms with Crippen molar-refractivity contribution in [3.05, 3.63) is 0 Å². The normalized spacial score (nSPS) is 27.8. The smallest absolute Gasteiger partial charge is 0.186 e. The molecule has 2 aliphatic rings. The number of hydrogen-bond donors (Lipinski definition) is 8. The van der Waals surface area contributed by atoms with Crippen molar-refractivity contribution in [1.29, 1.82) is 0 Å². The molecular weight excluding hydrogens is 784 g/mol. The van der Waals surface area contributed by atoms with Gasteiger partial charge in [-0.05, 0) is 49.4 Å². The van der Waals surface area contributed by atoms with Crippen LogP contribution in [0.3, 0.4) is 0 Å². The van der Waals surface area contributed by atoms with Gasteiger partial charge in [0.2, 0.25) is 0 Å². The van der Waals surface area contributed by atoms with E-state index in [9.17, 15) is 40.9 Å². The Labute approximate surface area is 360 Å². The quantitative estimate of drug-likeness (QED) is 0.0419. The SMILES string of the molecule is CC(C)CCC[C@@H](C)CCO[C@@H](COCCCCCCOC[C@@H](CO[C@@H]1O[C@@H]([C@H](O)CO)[C@H](O)[C@H]1O)OCC[C@H](C)CCCC(C)C)CO[C@@H]1O[C@@H]([C@H](O)CO)[C@H](O)[C@H]1O. The maximum Gasteiger partial charge on any atom is 0.186 e. The lowest BCUT2D eigenvalue weighted by Gasteiger charge is -2.23. The van der Waals surface area contributed by atoms with Gasteiger partial charge in [-0.2, -0.15) is 0 Å². The zero-order valence-corrected chi connectivity index (χ0v) is 37.6. The molecule has 2 aliphatic heterocycles. The predicted molar refractivity (Wildman–Crippen MR) is 224 cm³/mol. The highest BCUT2D eigenvalue weighted by Gasteiger charge is 2.47. The van der Waals surface area contributed by atoms with Crippen LogP contribution in [0.15, 0.2) is 0 Å². The van der Waals surface area contributed by atoms with E-state index in [-0.39, 0.29) is 26.4 Å². The molecular formula is C44H86O16. The van der Waals surface area contributed by atoms with Crippen molar-refractivity contribution < 1.29 is 78.7 Å². The zero-order chi connectivity index (χ0) is 44.5. The highest BCUT2D eigenvalue weighted by Crippen LogP contribution is 2.27. The monoisotopic (exact) mass is 871 g/mol. The zero-order valence-electron chi connectivity index (χ0n) is 37.6. The number of rotatable bonds is 37. The maximum absolute atomic E-state index is 10.4. The van der Waals surface area contributed by atoms with Crippen LogP contribution >= 0.6 is 0 Å². The van der Waals surface area contributed by atoms with E-state index in [0.29, 0.717) is 50.1 Å². The Morgan fingerprint density at radius 2 is 0.833 bits per heavy atom. The fraction of sp³-hybridized carbons (Fsp3) is 1.00. The fourth-order valence-corrected chi connectivity index (χ4v) is 7.26. The summed E-state index contributed by atoms with van der Waals surface area (Å²) >= 11 is 0. The summed E-state index contributed by atoms with van der Waals surface area (Å²) in [6, 6.07) is 0. The Morgan fingerprint density at radius 3 is 1.18 bits per heavy atom. The molecule has 0 bridgehead atoms. The highest BCUT2D eigenvalue weighted by atomic mass is 16.7. The third kappa shape index (κ3) is 22.3. The van der Waals surface area contributed by atoms with E-state index in [1.165, 1.54) is 25.7 Å². The summed E-state index contributed by atoms with van der Waals surface area (Å²) in [6.07, 6.45) is -1.55. The molecule has 358 valence electrons. The Hall–Kier alpha value is -0.640. The van der Waals surface area contributed by atoms with E-state index in [2.05, 4.69) is 41.5 Å². The van der Waals surface area contributed by atoms with Crippen molar-refractivity contribution in [3.8, 4) is 0 Å². The average Bonchev–Trinajstić information content (AvgIpc) is 3.66. The first-order chi connectivity index (χ1) is 28.7. The molecule has 0 aromatic rings. The van der Waals surface area contributed by atoms with Crippen LogP contribution in [0.1, 0.15) is 119 Å². The molecule has 0 aromatic heterocycles.